The second-order valence-electron chi connectivity index (χ2n) is 6.12. The van der Waals surface area contributed by atoms with E-state index in [2.05, 4.69) is 10.3 Å². The minimum Gasteiger partial charge on any atom is -0.453 e. The number of rotatable bonds is 2. The molecule has 0 saturated carbocycles. The lowest BCUT2D eigenvalue weighted by Gasteiger charge is -2.33. The van der Waals surface area contributed by atoms with Gasteiger partial charge in [-0.05, 0) is 36.8 Å². The van der Waals surface area contributed by atoms with Crippen LogP contribution >= 0.6 is 0 Å². The lowest BCUT2D eigenvalue weighted by Crippen LogP contribution is -2.51. The van der Waals surface area contributed by atoms with Gasteiger partial charge in [0.1, 0.15) is 0 Å². The number of aryl methyl sites for hydroxylation is 1. The fraction of sp³-hybridized carbons (Fsp3) is 0.381. The summed E-state index contributed by atoms with van der Waals surface area (Å²) in [7, 11) is 1.36. The molecule has 1 aromatic heterocycles. The molecule has 0 atom stereocenters. The van der Waals surface area contributed by atoms with Crippen molar-refractivity contribution in [3.05, 3.63) is 48.2 Å². The SMILES string of the molecule is CC.COC(=O)N1CCN(C(=O)Nc2ccc(C)c(-c3ccccn3)c2)CC1. The van der Waals surface area contributed by atoms with Crippen LogP contribution in [0.3, 0.4) is 0 Å². The van der Waals surface area contributed by atoms with E-state index in [1.165, 1.54) is 7.11 Å². The summed E-state index contributed by atoms with van der Waals surface area (Å²) in [6.07, 6.45) is 1.39. The van der Waals surface area contributed by atoms with Gasteiger partial charge in [0.05, 0.1) is 12.8 Å². The van der Waals surface area contributed by atoms with Gasteiger partial charge in [0.15, 0.2) is 0 Å². The Hall–Kier alpha value is -3.09. The Kier molecular flexibility index (Phi) is 7.80. The lowest BCUT2D eigenvalue weighted by atomic mass is 10.0. The summed E-state index contributed by atoms with van der Waals surface area (Å²) in [6, 6.07) is 11.4. The summed E-state index contributed by atoms with van der Waals surface area (Å²) in [6.45, 7) is 7.89. The molecule has 2 heterocycles. The van der Waals surface area contributed by atoms with E-state index in [-0.39, 0.29) is 12.1 Å². The van der Waals surface area contributed by atoms with Crippen LogP contribution in [0.15, 0.2) is 42.6 Å². The molecule has 7 nitrogen and oxygen atoms in total. The molecular weight excluding hydrogens is 356 g/mol. The van der Waals surface area contributed by atoms with Crippen LogP contribution in [0.4, 0.5) is 15.3 Å². The Morgan fingerprint density at radius 2 is 1.71 bits per heavy atom. The highest BCUT2D eigenvalue weighted by atomic mass is 16.5. The Morgan fingerprint density at radius 1 is 1.04 bits per heavy atom. The zero-order valence-electron chi connectivity index (χ0n) is 16.9. The fourth-order valence-corrected chi connectivity index (χ4v) is 2.92. The van der Waals surface area contributed by atoms with Crippen LogP contribution < -0.4 is 5.32 Å². The number of hydrogen-bond donors (Lipinski definition) is 1. The first-order valence-corrected chi connectivity index (χ1v) is 9.49. The number of piperazine rings is 1. The highest BCUT2D eigenvalue weighted by Gasteiger charge is 2.24. The number of nitrogens with zero attached hydrogens (tertiary/aromatic N) is 3. The Bertz CT molecular complexity index is 787. The molecule has 28 heavy (non-hydrogen) atoms. The molecule has 0 radical (unpaired) electrons. The van der Waals surface area contributed by atoms with Crippen molar-refractivity contribution in [3.8, 4) is 11.3 Å². The number of anilines is 1. The van der Waals surface area contributed by atoms with E-state index in [0.29, 0.717) is 26.2 Å². The quantitative estimate of drug-likeness (QED) is 0.849. The summed E-state index contributed by atoms with van der Waals surface area (Å²) in [5.74, 6) is 0. The topological polar surface area (TPSA) is 74.8 Å². The smallest absolute Gasteiger partial charge is 0.409 e. The van der Waals surface area contributed by atoms with E-state index in [4.69, 9.17) is 4.74 Å². The summed E-state index contributed by atoms with van der Waals surface area (Å²) in [5, 5.41) is 2.93. The zero-order chi connectivity index (χ0) is 20.5. The van der Waals surface area contributed by atoms with Crippen molar-refractivity contribution in [2.45, 2.75) is 20.8 Å². The van der Waals surface area contributed by atoms with E-state index in [1.54, 1.807) is 16.0 Å². The molecule has 1 saturated heterocycles. The van der Waals surface area contributed by atoms with Crippen LogP contribution in [0.2, 0.25) is 0 Å². The van der Waals surface area contributed by atoms with E-state index in [0.717, 1.165) is 22.5 Å². The maximum atomic E-state index is 12.5. The summed E-state index contributed by atoms with van der Waals surface area (Å²) in [5.41, 5.74) is 3.66. The van der Waals surface area contributed by atoms with E-state index in [1.807, 2.05) is 57.2 Å². The molecule has 1 aliphatic rings. The summed E-state index contributed by atoms with van der Waals surface area (Å²) < 4.78 is 4.71. The van der Waals surface area contributed by atoms with Gasteiger partial charge < -0.3 is 19.9 Å². The van der Waals surface area contributed by atoms with Gasteiger partial charge in [-0.25, -0.2) is 9.59 Å². The molecule has 150 valence electrons. The van der Waals surface area contributed by atoms with E-state index in [9.17, 15) is 9.59 Å². The van der Waals surface area contributed by atoms with Gasteiger partial charge >= 0.3 is 12.1 Å². The molecule has 3 rings (SSSR count). The zero-order valence-corrected chi connectivity index (χ0v) is 16.9. The lowest BCUT2D eigenvalue weighted by molar-refractivity contribution is 0.0992. The Morgan fingerprint density at radius 3 is 2.32 bits per heavy atom. The van der Waals surface area contributed by atoms with Gasteiger partial charge in [0, 0.05) is 43.6 Å². The number of ether oxygens (including phenoxy) is 1. The third-order valence-corrected chi connectivity index (χ3v) is 4.43. The van der Waals surface area contributed by atoms with Gasteiger partial charge in [0.25, 0.3) is 0 Å². The number of benzene rings is 1. The van der Waals surface area contributed by atoms with Crippen molar-refractivity contribution >= 4 is 17.8 Å². The summed E-state index contributed by atoms with van der Waals surface area (Å²) >= 11 is 0. The third kappa shape index (κ3) is 5.22. The monoisotopic (exact) mass is 384 g/mol. The highest BCUT2D eigenvalue weighted by molar-refractivity contribution is 5.90. The first kappa shape index (κ1) is 21.2. The van der Waals surface area contributed by atoms with Crippen molar-refractivity contribution in [1.29, 1.82) is 0 Å². The van der Waals surface area contributed by atoms with Crippen molar-refractivity contribution in [2.75, 3.05) is 38.6 Å². The van der Waals surface area contributed by atoms with Gasteiger partial charge in [-0.3, -0.25) is 4.98 Å². The minimum absolute atomic E-state index is 0.176. The van der Waals surface area contributed by atoms with Crippen molar-refractivity contribution in [3.63, 3.8) is 0 Å². The van der Waals surface area contributed by atoms with Gasteiger partial charge in [-0.2, -0.15) is 0 Å². The summed E-state index contributed by atoms with van der Waals surface area (Å²) in [4.78, 5) is 31.7. The average Bonchev–Trinajstić information content (AvgIpc) is 2.76. The Balaban J connectivity index is 0.00000136. The number of amides is 3. The van der Waals surface area contributed by atoms with E-state index < -0.39 is 0 Å². The number of methoxy groups -OCH3 is 1. The van der Waals surface area contributed by atoms with Crippen LogP contribution in [-0.4, -0.2) is 60.2 Å². The number of urea groups is 1. The molecule has 0 spiro atoms. The predicted octanol–water partition coefficient (Wildman–Crippen LogP) is 4.00. The largest absolute Gasteiger partial charge is 0.453 e. The molecule has 1 aromatic carbocycles. The highest BCUT2D eigenvalue weighted by Crippen LogP contribution is 2.25. The maximum Gasteiger partial charge on any atom is 0.409 e. The van der Waals surface area contributed by atoms with Crippen molar-refractivity contribution < 1.29 is 14.3 Å². The first-order chi connectivity index (χ1) is 13.6. The number of pyridine rings is 1. The number of hydrogen-bond acceptors (Lipinski definition) is 4. The molecule has 1 fully saturated rings. The average molecular weight is 384 g/mol. The molecule has 3 amide bonds. The van der Waals surface area contributed by atoms with Gasteiger partial charge in [-0.1, -0.05) is 26.0 Å². The second-order valence-corrected chi connectivity index (χ2v) is 6.12. The maximum absolute atomic E-state index is 12.5. The van der Waals surface area contributed by atoms with Gasteiger partial charge in [0.2, 0.25) is 0 Å². The number of carbonyl (C=O) groups is 2. The van der Waals surface area contributed by atoms with Crippen molar-refractivity contribution in [2.24, 2.45) is 0 Å². The van der Waals surface area contributed by atoms with Crippen LogP contribution in [0, 0.1) is 6.92 Å². The molecule has 7 heteroatoms. The molecule has 2 aromatic rings. The normalized spacial score (nSPS) is 13.3. The number of aromatic nitrogens is 1. The minimum atomic E-state index is -0.358. The predicted molar refractivity (Wildman–Crippen MR) is 110 cm³/mol. The Labute approximate surface area is 166 Å². The molecule has 0 aliphatic carbocycles. The molecule has 0 unspecified atom stereocenters. The molecular formula is C21H28N4O3. The van der Waals surface area contributed by atoms with Crippen LogP contribution in [0.5, 0.6) is 0 Å². The molecule has 1 N–H and O–H groups in total. The standard InChI is InChI=1S/C19H22N4O3.C2H6/c1-14-6-7-15(13-16(14)17-5-3-4-8-20-17)21-18(24)22-9-11-23(12-10-22)19(25)26-2;1-2/h3-8,13H,9-12H2,1-2H3,(H,21,24);1-2H3. The van der Waals surface area contributed by atoms with Crippen LogP contribution in [0.25, 0.3) is 11.3 Å². The van der Waals surface area contributed by atoms with E-state index >= 15 is 0 Å². The first-order valence-electron chi connectivity index (χ1n) is 9.49. The van der Waals surface area contributed by atoms with Gasteiger partial charge in [-0.15, -0.1) is 0 Å². The molecule has 1 aliphatic heterocycles. The van der Waals surface area contributed by atoms with Crippen LogP contribution in [-0.2, 0) is 4.74 Å². The number of carbonyl (C=O) groups excluding carboxylic acids is 2. The third-order valence-electron chi connectivity index (χ3n) is 4.43. The molecule has 0 bridgehead atoms. The van der Waals surface area contributed by atoms with Crippen molar-refractivity contribution in [1.82, 2.24) is 14.8 Å². The fourth-order valence-electron chi connectivity index (χ4n) is 2.92. The second kappa shape index (κ2) is 10.3. The van der Waals surface area contributed by atoms with Crippen LogP contribution in [0.1, 0.15) is 19.4 Å². The number of nitrogens with one attached hydrogen (secondary N) is 1.